The van der Waals surface area contributed by atoms with Gasteiger partial charge in [0.2, 0.25) is 0 Å². The zero-order valence-corrected chi connectivity index (χ0v) is 10.2. The molecule has 2 rings (SSSR count). The third-order valence-electron chi connectivity index (χ3n) is 2.37. The molecule has 0 bridgehead atoms. The molecule has 0 saturated carbocycles. The van der Waals surface area contributed by atoms with E-state index in [0.717, 1.165) is 12.3 Å². The molecule has 0 N–H and O–H groups in total. The van der Waals surface area contributed by atoms with Crippen LogP contribution in [0.15, 0.2) is 39.6 Å². The van der Waals surface area contributed by atoms with Gasteiger partial charge in [0.05, 0.1) is 10.5 Å². The van der Waals surface area contributed by atoms with Gasteiger partial charge in [0.1, 0.15) is 11.6 Å². The summed E-state index contributed by atoms with van der Waals surface area (Å²) in [5.41, 5.74) is 0.00558. The molecule has 0 fully saturated rings. The van der Waals surface area contributed by atoms with Crippen molar-refractivity contribution in [2.45, 2.75) is 4.90 Å². The van der Waals surface area contributed by atoms with Crippen LogP contribution in [0.5, 0.6) is 0 Å². The molecule has 94 valence electrons. The predicted octanol–water partition coefficient (Wildman–Crippen LogP) is 2.30. The highest BCUT2D eigenvalue weighted by atomic mass is 32.2. The number of sulfone groups is 1. The maximum Gasteiger partial charge on any atom is 0.185 e. The number of carbonyl (C=O) groups excluding carboxylic acids is 1. The van der Waals surface area contributed by atoms with E-state index in [1.807, 2.05) is 0 Å². The zero-order valence-electron chi connectivity index (χ0n) is 9.38. The van der Waals surface area contributed by atoms with Gasteiger partial charge in [-0.3, -0.25) is 4.79 Å². The SMILES string of the molecule is CS(=O)(=O)c1ccc(F)c(-c2ccc(C=O)o2)c1. The number of furan rings is 1. The third-order valence-corrected chi connectivity index (χ3v) is 3.48. The van der Waals surface area contributed by atoms with Gasteiger partial charge in [-0.05, 0) is 30.3 Å². The average molecular weight is 268 g/mol. The van der Waals surface area contributed by atoms with Crippen LogP contribution in [0.1, 0.15) is 10.6 Å². The van der Waals surface area contributed by atoms with Crippen LogP contribution >= 0.6 is 0 Å². The highest BCUT2D eigenvalue weighted by molar-refractivity contribution is 7.90. The molecule has 1 heterocycles. The summed E-state index contributed by atoms with van der Waals surface area (Å²) in [7, 11) is -3.43. The van der Waals surface area contributed by atoms with Crippen LogP contribution in [0, 0.1) is 5.82 Å². The number of rotatable bonds is 3. The minimum Gasteiger partial charge on any atom is -0.453 e. The Morgan fingerprint density at radius 2 is 1.94 bits per heavy atom. The van der Waals surface area contributed by atoms with Crippen LogP contribution in [0.2, 0.25) is 0 Å². The molecule has 6 heteroatoms. The van der Waals surface area contributed by atoms with Gasteiger partial charge in [0, 0.05) is 6.26 Å². The minimum absolute atomic E-state index is 0.00558. The summed E-state index contributed by atoms with van der Waals surface area (Å²) in [6.07, 6.45) is 1.52. The lowest BCUT2D eigenvalue weighted by atomic mass is 10.1. The van der Waals surface area contributed by atoms with Crippen LogP contribution in [-0.2, 0) is 9.84 Å². The summed E-state index contributed by atoms with van der Waals surface area (Å²) >= 11 is 0. The Labute approximate surface area is 103 Å². The molecule has 2 aromatic rings. The lowest BCUT2D eigenvalue weighted by molar-refractivity contribution is 0.110. The first kappa shape index (κ1) is 12.5. The summed E-state index contributed by atoms with van der Waals surface area (Å²) in [5.74, 6) is -0.455. The first-order chi connectivity index (χ1) is 8.41. The maximum absolute atomic E-state index is 13.6. The molecule has 4 nitrogen and oxygen atoms in total. The summed E-state index contributed by atoms with van der Waals surface area (Å²) < 4.78 is 41.4. The van der Waals surface area contributed by atoms with E-state index in [9.17, 15) is 17.6 Å². The van der Waals surface area contributed by atoms with E-state index in [1.54, 1.807) is 0 Å². The molecule has 1 aromatic heterocycles. The van der Waals surface area contributed by atoms with Crippen molar-refractivity contribution in [2.24, 2.45) is 0 Å². The molecule has 0 radical (unpaired) electrons. The molecule has 0 aliphatic rings. The number of halogens is 1. The van der Waals surface area contributed by atoms with E-state index in [2.05, 4.69) is 0 Å². The Morgan fingerprint density at radius 3 is 2.50 bits per heavy atom. The normalized spacial score (nSPS) is 11.4. The molecule has 0 aliphatic carbocycles. The average Bonchev–Trinajstić information content (AvgIpc) is 2.76. The molecule has 0 atom stereocenters. The van der Waals surface area contributed by atoms with Crippen molar-refractivity contribution in [2.75, 3.05) is 6.26 Å². The van der Waals surface area contributed by atoms with E-state index < -0.39 is 15.7 Å². The molecule has 1 aromatic carbocycles. The van der Waals surface area contributed by atoms with Crippen molar-refractivity contribution in [3.8, 4) is 11.3 Å². The van der Waals surface area contributed by atoms with E-state index in [4.69, 9.17) is 4.42 Å². The number of hydrogen-bond acceptors (Lipinski definition) is 4. The van der Waals surface area contributed by atoms with Gasteiger partial charge >= 0.3 is 0 Å². The van der Waals surface area contributed by atoms with Crippen LogP contribution in [-0.4, -0.2) is 21.0 Å². The van der Waals surface area contributed by atoms with Crippen LogP contribution < -0.4 is 0 Å². The van der Waals surface area contributed by atoms with E-state index in [0.29, 0.717) is 6.29 Å². The van der Waals surface area contributed by atoms with Crippen LogP contribution in [0.4, 0.5) is 4.39 Å². The van der Waals surface area contributed by atoms with E-state index >= 15 is 0 Å². The lowest BCUT2D eigenvalue weighted by Crippen LogP contribution is -1.98. The van der Waals surface area contributed by atoms with Gasteiger partial charge in [-0.25, -0.2) is 12.8 Å². The summed E-state index contributed by atoms with van der Waals surface area (Å²) in [6.45, 7) is 0. The molecule has 0 spiro atoms. The van der Waals surface area contributed by atoms with Crippen LogP contribution in [0.25, 0.3) is 11.3 Å². The molecular weight excluding hydrogens is 259 g/mol. The Bertz CT molecular complexity index is 701. The van der Waals surface area contributed by atoms with E-state index in [-0.39, 0.29) is 22.0 Å². The second-order valence-electron chi connectivity index (χ2n) is 3.73. The predicted molar refractivity (Wildman–Crippen MR) is 62.6 cm³/mol. The fourth-order valence-corrected chi connectivity index (χ4v) is 2.13. The van der Waals surface area contributed by atoms with Gasteiger partial charge in [0.25, 0.3) is 0 Å². The van der Waals surface area contributed by atoms with Crippen molar-refractivity contribution in [3.63, 3.8) is 0 Å². The monoisotopic (exact) mass is 268 g/mol. The van der Waals surface area contributed by atoms with Crippen molar-refractivity contribution < 1.29 is 22.0 Å². The minimum atomic E-state index is -3.43. The molecule has 0 saturated heterocycles. The molecular formula is C12H9FO4S. The van der Waals surface area contributed by atoms with Crippen molar-refractivity contribution in [1.82, 2.24) is 0 Å². The summed E-state index contributed by atoms with van der Waals surface area (Å²) in [4.78, 5) is 10.5. The number of carbonyl (C=O) groups is 1. The van der Waals surface area contributed by atoms with Crippen molar-refractivity contribution in [1.29, 1.82) is 0 Å². The Morgan fingerprint density at radius 1 is 1.22 bits per heavy atom. The third kappa shape index (κ3) is 2.33. The quantitative estimate of drug-likeness (QED) is 0.633. The first-order valence-corrected chi connectivity index (χ1v) is 6.86. The molecule has 18 heavy (non-hydrogen) atoms. The lowest BCUT2D eigenvalue weighted by Gasteiger charge is -2.03. The Balaban J connectivity index is 2.59. The fraction of sp³-hybridized carbons (Fsp3) is 0.0833. The highest BCUT2D eigenvalue weighted by Crippen LogP contribution is 2.27. The number of benzene rings is 1. The second-order valence-corrected chi connectivity index (χ2v) is 5.75. The Hall–Kier alpha value is -1.95. The van der Waals surface area contributed by atoms with Gasteiger partial charge in [0.15, 0.2) is 21.9 Å². The van der Waals surface area contributed by atoms with Gasteiger partial charge in [-0.1, -0.05) is 0 Å². The first-order valence-electron chi connectivity index (χ1n) is 4.97. The van der Waals surface area contributed by atoms with Gasteiger partial charge in [-0.2, -0.15) is 0 Å². The molecule has 0 amide bonds. The van der Waals surface area contributed by atoms with Gasteiger partial charge < -0.3 is 4.42 Å². The molecule has 0 aliphatic heterocycles. The molecule has 0 unspecified atom stereocenters. The largest absolute Gasteiger partial charge is 0.453 e. The van der Waals surface area contributed by atoms with Gasteiger partial charge in [-0.15, -0.1) is 0 Å². The second kappa shape index (κ2) is 4.38. The smallest absolute Gasteiger partial charge is 0.185 e. The van der Waals surface area contributed by atoms with E-state index in [1.165, 1.54) is 24.3 Å². The summed E-state index contributed by atoms with van der Waals surface area (Å²) in [6, 6.07) is 6.20. The Kier molecular flexibility index (Phi) is 3.04. The van der Waals surface area contributed by atoms with Crippen molar-refractivity contribution >= 4 is 16.1 Å². The standard InChI is InChI=1S/C12H9FO4S/c1-18(15,16)9-3-4-11(13)10(6-9)12-5-2-8(7-14)17-12/h2-7H,1H3. The van der Waals surface area contributed by atoms with Crippen molar-refractivity contribution in [3.05, 3.63) is 41.9 Å². The number of aldehydes is 1. The summed E-state index contributed by atoms with van der Waals surface area (Å²) in [5, 5.41) is 0. The highest BCUT2D eigenvalue weighted by Gasteiger charge is 2.14. The van der Waals surface area contributed by atoms with Crippen LogP contribution in [0.3, 0.4) is 0 Å². The fourth-order valence-electron chi connectivity index (χ4n) is 1.48. The maximum atomic E-state index is 13.6. The zero-order chi connectivity index (χ0) is 13.3. The topological polar surface area (TPSA) is 64.3 Å². The number of hydrogen-bond donors (Lipinski definition) is 0.